The Hall–Kier alpha value is -1.08. The van der Waals surface area contributed by atoms with Crippen LogP contribution in [-0.4, -0.2) is 43.4 Å². The summed E-state index contributed by atoms with van der Waals surface area (Å²) in [5, 5.41) is 9.65. The van der Waals surface area contributed by atoms with Gasteiger partial charge in [-0.3, -0.25) is 13.9 Å². The van der Waals surface area contributed by atoms with Crippen LogP contribution in [0.3, 0.4) is 0 Å². The van der Waals surface area contributed by atoms with Crippen LogP contribution in [0.1, 0.15) is 67.2 Å². The number of carbonyl (C=O) groups is 1. The topological polar surface area (TPSA) is 87.0 Å². The number of carbonyl (C=O) groups excluding carboxylic acids is 1. The third-order valence-corrected chi connectivity index (χ3v) is 8.87. The van der Waals surface area contributed by atoms with Gasteiger partial charge in [0.1, 0.15) is 6.61 Å². The van der Waals surface area contributed by atoms with Crippen molar-refractivity contribution in [2.24, 2.45) is 5.41 Å². The van der Waals surface area contributed by atoms with Crippen molar-refractivity contribution < 1.29 is 23.7 Å². The Bertz CT molecular complexity index is 702. The van der Waals surface area contributed by atoms with Crippen molar-refractivity contribution in [3.8, 4) is 0 Å². The van der Waals surface area contributed by atoms with E-state index in [2.05, 4.69) is 20.8 Å². The summed E-state index contributed by atoms with van der Waals surface area (Å²) < 4.78 is 27.1. The fraction of sp³-hybridized carbons (Fsp3) is 0.682. The maximum absolute atomic E-state index is 11.1. The first-order valence-electron chi connectivity index (χ1n) is 9.99. The molecule has 28 heavy (non-hydrogen) atoms. The van der Waals surface area contributed by atoms with Crippen LogP contribution in [0, 0.1) is 5.41 Å². The lowest BCUT2D eigenvalue weighted by Gasteiger charge is -2.45. The van der Waals surface area contributed by atoms with Crippen LogP contribution in [0.15, 0.2) is 34.4 Å². The Kier molecular flexibility index (Phi) is 7.24. The van der Waals surface area contributed by atoms with Crippen LogP contribution in [0.4, 0.5) is 0 Å². The highest BCUT2D eigenvalue weighted by Gasteiger charge is 2.45. The molecule has 5 nitrogen and oxygen atoms in total. The van der Waals surface area contributed by atoms with Gasteiger partial charge in [-0.1, -0.05) is 36.6 Å². The highest BCUT2D eigenvalue weighted by molar-refractivity contribution is 8.25. The molecule has 1 aliphatic heterocycles. The van der Waals surface area contributed by atoms with E-state index in [9.17, 15) is 19.0 Å². The molecule has 3 N–H and O–H groups in total. The summed E-state index contributed by atoms with van der Waals surface area (Å²) in [5.74, 6) is -0.391. The van der Waals surface area contributed by atoms with Crippen LogP contribution < -0.4 is 0 Å². The van der Waals surface area contributed by atoms with Gasteiger partial charge in [0.25, 0.3) is 0 Å². The van der Waals surface area contributed by atoms with E-state index in [0.717, 1.165) is 18.4 Å². The molecule has 0 spiro atoms. The Morgan fingerprint density at radius 2 is 2.00 bits per heavy atom. The lowest BCUT2D eigenvalue weighted by molar-refractivity contribution is -0.139. The van der Waals surface area contributed by atoms with E-state index in [-0.39, 0.29) is 17.3 Å². The highest BCUT2D eigenvalue weighted by atomic mass is 32.3. The van der Waals surface area contributed by atoms with Crippen LogP contribution in [0.2, 0.25) is 0 Å². The average Bonchev–Trinajstić information content (AvgIpc) is 2.79. The number of aliphatic hydroxyl groups is 1. The minimum atomic E-state index is -3.06. The largest absolute Gasteiger partial charge is 0.462 e. The van der Waals surface area contributed by atoms with E-state index in [1.54, 1.807) is 13.0 Å². The fourth-order valence-corrected chi connectivity index (χ4v) is 6.90. The van der Waals surface area contributed by atoms with Crippen LogP contribution in [0.5, 0.6) is 0 Å². The molecule has 0 aromatic heterocycles. The molecule has 0 bridgehead atoms. The van der Waals surface area contributed by atoms with Gasteiger partial charge in [-0.15, -0.1) is 0 Å². The summed E-state index contributed by atoms with van der Waals surface area (Å²) in [7, 11) is -3.06. The van der Waals surface area contributed by atoms with E-state index < -0.39 is 27.9 Å². The maximum atomic E-state index is 11.1. The number of aliphatic hydroxyl groups excluding tert-OH is 1. The van der Waals surface area contributed by atoms with Crippen molar-refractivity contribution in [2.75, 3.05) is 6.61 Å². The van der Waals surface area contributed by atoms with Gasteiger partial charge < -0.3 is 9.84 Å². The quantitative estimate of drug-likeness (QED) is 0.411. The first kappa shape index (κ1) is 23.2. The Morgan fingerprint density at radius 3 is 2.57 bits per heavy atom. The molecule has 0 saturated carbocycles. The maximum Gasteiger partial charge on any atom is 0.302 e. The second-order valence-electron chi connectivity index (χ2n) is 8.90. The number of esters is 1. The van der Waals surface area contributed by atoms with Crippen molar-refractivity contribution in [2.45, 2.75) is 83.8 Å². The molecule has 2 aliphatic rings. The first-order chi connectivity index (χ1) is 12.9. The first-order valence-corrected chi connectivity index (χ1v) is 11.7. The van der Waals surface area contributed by atoms with Gasteiger partial charge in [-0.25, -0.2) is 0 Å². The lowest BCUT2D eigenvalue weighted by Crippen LogP contribution is -2.33. The zero-order chi connectivity index (χ0) is 21.3. The van der Waals surface area contributed by atoms with E-state index in [4.69, 9.17) is 4.74 Å². The van der Waals surface area contributed by atoms with E-state index in [1.807, 2.05) is 13.0 Å². The van der Waals surface area contributed by atoms with E-state index in [0.29, 0.717) is 12.0 Å². The van der Waals surface area contributed by atoms with E-state index in [1.165, 1.54) is 24.5 Å². The molecule has 1 heterocycles. The number of allylic oxidation sites excluding steroid dienone is 2. The molecule has 160 valence electrons. The standard InChI is InChI=1S/C22H36O5S/c1-14-8-7-10-22(5,6)18(14)13-19-16(3)12-20(28(19,25)26)21(24)15(2)9-11-27-17(4)23/h9,12,19-21,24-26H,7-8,10-11,13H2,1-6H3. The predicted molar refractivity (Wildman–Crippen MR) is 116 cm³/mol. The minimum Gasteiger partial charge on any atom is -0.462 e. The monoisotopic (exact) mass is 412 g/mol. The van der Waals surface area contributed by atoms with Gasteiger partial charge in [0.15, 0.2) is 0 Å². The Labute approximate surface area is 170 Å². The molecular weight excluding hydrogens is 376 g/mol. The molecule has 0 fully saturated rings. The molecule has 3 unspecified atom stereocenters. The highest BCUT2D eigenvalue weighted by Crippen LogP contribution is 2.61. The molecule has 0 saturated heterocycles. The van der Waals surface area contributed by atoms with Crippen molar-refractivity contribution in [1.82, 2.24) is 0 Å². The number of ether oxygens (including phenoxy) is 1. The molecule has 2 rings (SSSR count). The van der Waals surface area contributed by atoms with Crippen molar-refractivity contribution in [1.29, 1.82) is 0 Å². The van der Waals surface area contributed by atoms with Crippen molar-refractivity contribution in [3.05, 3.63) is 34.4 Å². The summed E-state index contributed by atoms with van der Waals surface area (Å²) >= 11 is 0. The second-order valence-corrected chi connectivity index (χ2v) is 11.3. The predicted octanol–water partition coefficient (Wildman–Crippen LogP) is 5.22. The molecule has 0 radical (unpaired) electrons. The average molecular weight is 413 g/mol. The van der Waals surface area contributed by atoms with Gasteiger partial charge >= 0.3 is 5.97 Å². The molecule has 0 aromatic carbocycles. The van der Waals surface area contributed by atoms with Gasteiger partial charge in [0, 0.05) is 6.92 Å². The molecular formula is C22H36O5S. The third kappa shape index (κ3) is 4.90. The zero-order valence-electron chi connectivity index (χ0n) is 18.0. The van der Waals surface area contributed by atoms with Crippen molar-refractivity contribution in [3.63, 3.8) is 0 Å². The van der Waals surface area contributed by atoms with Crippen LogP contribution in [0.25, 0.3) is 0 Å². The molecule has 3 atom stereocenters. The third-order valence-electron chi connectivity index (χ3n) is 6.30. The molecule has 0 aromatic rings. The lowest BCUT2D eigenvalue weighted by atomic mass is 9.71. The SMILES string of the molecule is CC(=O)OCC=C(C)C(O)C1C=C(C)C(CC2=C(C)CCCC2(C)C)S1(O)O. The zero-order valence-corrected chi connectivity index (χ0v) is 18.8. The number of hydrogen-bond acceptors (Lipinski definition) is 5. The van der Waals surface area contributed by atoms with Crippen LogP contribution >= 0.6 is 10.6 Å². The fourth-order valence-electron chi connectivity index (χ4n) is 4.48. The molecule has 1 aliphatic carbocycles. The number of hydrogen-bond donors (Lipinski definition) is 3. The minimum absolute atomic E-state index is 0.0642. The summed E-state index contributed by atoms with van der Waals surface area (Å²) in [6, 6.07) is 0. The van der Waals surface area contributed by atoms with Crippen molar-refractivity contribution >= 4 is 16.6 Å². The normalized spacial score (nSPS) is 29.3. The Morgan fingerprint density at radius 1 is 1.36 bits per heavy atom. The summed E-state index contributed by atoms with van der Waals surface area (Å²) in [6.45, 7) is 11.7. The van der Waals surface area contributed by atoms with Gasteiger partial charge in [0.2, 0.25) is 0 Å². The summed E-state index contributed by atoms with van der Waals surface area (Å²) in [4.78, 5) is 10.9. The van der Waals surface area contributed by atoms with Crippen LogP contribution in [-0.2, 0) is 9.53 Å². The Balaban J connectivity index is 2.21. The van der Waals surface area contributed by atoms with Gasteiger partial charge in [0.05, 0.1) is 16.6 Å². The summed E-state index contributed by atoms with van der Waals surface area (Å²) in [6.07, 6.45) is 6.40. The molecule has 6 heteroatoms. The second kappa shape index (κ2) is 8.74. The molecule has 0 amide bonds. The smallest absolute Gasteiger partial charge is 0.302 e. The van der Waals surface area contributed by atoms with Gasteiger partial charge in [-0.2, -0.15) is 10.6 Å². The van der Waals surface area contributed by atoms with E-state index >= 15 is 0 Å². The number of rotatable bonds is 6. The summed E-state index contributed by atoms with van der Waals surface area (Å²) in [5.41, 5.74) is 4.26. The van der Waals surface area contributed by atoms with Gasteiger partial charge in [-0.05, 0) is 63.5 Å².